The summed E-state index contributed by atoms with van der Waals surface area (Å²) in [5, 5.41) is 7.58. The molecule has 0 fully saturated rings. The summed E-state index contributed by atoms with van der Waals surface area (Å²) in [5.41, 5.74) is 1.41. The maximum atomic E-state index is 12.2. The molecule has 0 aliphatic rings. The molecular formula is C16H12Cl2N4O. The van der Waals surface area contributed by atoms with Crippen LogP contribution in [-0.4, -0.2) is 20.7 Å². The Balaban J connectivity index is 1.70. The lowest BCUT2D eigenvalue weighted by molar-refractivity contribution is 0.102. The minimum absolute atomic E-state index is 0.219. The average molecular weight is 347 g/mol. The van der Waals surface area contributed by atoms with Crippen LogP contribution in [0.4, 0.5) is 5.95 Å². The summed E-state index contributed by atoms with van der Waals surface area (Å²) in [7, 11) is 0. The molecule has 0 aliphatic heterocycles. The van der Waals surface area contributed by atoms with Crippen molar-refractivity contribution in [3.05, 3.63) is 76.0 Å². The van der Waals surface area contributed by atoms with Gasteiger partial charge in [0.25, 0.3) is 5.91 Å². The lowest BCUT2D eigenvalue weighted by atomic mass is 10.2. The molecule has 0 radical (unpaired) electrons. The largest absolute Gasteiger partial charge is 0.289 e. The highest BCUT2D eigenvalue weighted by atomic mass is 35.5. The highest BCUT2D eigenvalue weighted by molar-refractivity contribution is 6.37. The Morgan fingerprint density at radius 3 is 2.65 bits per heavy atom. The van der Waals surface area contributed by atoms with Crippen molar-refractivity contribution in [1.29, 1.82) is 0 Å². The van der Waals surface area contributed by atoms with E-state index in [-0.39, 0.29) is 16.9 Å². The quantitative estimate of drug-likeness (QED) is 0.779. The van der Waals surface area contributed by atoms with E-state index >= 15 is 0 Å². The van der Waals surface area contributed by atoms with Crippen LogP contribution < -0.4 is 5.32 Å². The van der Waals surface area contributed by atoms with Gasteiger partial charge in [-0.1, -0.05) is 53.5 Å². The first-order valence-electron chi connectivity index (χ1n) is 6.81. The number of halogens is 2. The Labute approximate surface area is 142 Å². The molecule has 1 heterocycles. The predicted octanol–water partition coefficient (Wildman–Crippen LogP) is 3.89. The summed E-state index contributed by atoms with van der Waals surface area (Å²) < 4.78 is 1.65. The van der Waals surface area contributed by atoms with Gasteiger partial charge in [-0.15, -0.1) is 5.10 Å². The van der Waals surface area contributed by atoms with Gasteiger partial charge in [-0.25, -0.2) is 9.67 Å². The molecule has 3 aromatic rings. The van der Waals surface area contributed by atoms with E-state index in [0.717, 1.165) is 5.56 Å². The second-order valence-corrected chi connectivity index (χ2v) is 5.67. The minimum Gasteiger partial charge on any atom is -0.289 e. The van der Waals surface area contributed by atoms with Crippen molar-refractivity contribution >= 4 is 35.1 Å². The zero-order valence-corrected chi connectivity index (χ0v) is 13.4. The summed E-state index contributed by atoms with van der Waals surface area (Å²) >= 11 is 11.8. The number of anilines is 1. The number of hydrogen-bond donors (Lipinski definition) is 1. The Hall–Kier alpha value is -2.37. The van der Waals surface area contributed by atoms with Crippen molar-refractivity contribution in [2.24, 2.45) is 0 Å². The molecule has 0 bridgehead atoms. The van der Waals surface area contributed by atoms with Crippen LogP contribution in [0.15, 0.2) is 54.9 Å². The lowest BCUT2D eigenvalue weighted by Crippen LogP contribution is -2.14. The van der Waals surface area contributed by atoms with Gasteiger partial charge in [-0.3, -0.25) is 10.1 Å². The van der Waals surface area contributed by atoms with Crippen molar-refractivity contribution in [3.8, 4) is 0 Å². The van der Waals surface area contributed by atoms with Gasteiger partial charge >= 0.3 is 0 Å². The number of rotatable bonds is 4. The molecule has 23 heavy (non-hydrogen) atoms. The first-order chi connectivity index (χ1) is 11.1. The van der Waals surface area contributed by atoms with Crippen LogP contribution in [0.5, 0.6) is 0 Å². The van der Waals surface area contributed by atoms with E-state index < -0.39 is 0 Å². The zero-order chi connectivity index (χ0) is 16.2. The molecule has 7 heteroatoms. The van der Waals surface area contributed by atoms with Gasteiger partial charge in [0, 0.05) is 5.02 Å². The standard InChI is InChI=1S/C16H12Cl2N4O/c17-12-6-7-13(14(18)8-12)15(23)20-16-19-10-22(21-16)9-11-4-2-1-3-5-11/h1-8,10H,9H2,(H,20,21,23). The molecule has 116 valence electrons. The van der Waals surface area contributed by atoms with E-state index in [4.69, 9.17) is 23.2 Å². The van der Waals surface area contributed by atoms with Crippen molar-refractivity contribution < 1.29 is 4.79 Å². The SMILES string of the molecule is O=C(Nc1ncn(Cc2ccccc2)n1)c1ccc(Cl)cc1Cl. The van der Waals surface area contributed by atoms with Gasteiger partial charge in [0.05, 0.1) is 17.1 Å². The number of amides is 1. The minimum atomic E-state index is -0.385. The van der Waals surface area contributed by atoms with Crippen LogP contribution in [0, 0.1) is 0 Å². The van der Waals surface area contributed by atoms with Gasteiger partial charge in [-0.05, 0) is 23.8 Å². The van der Waals surface area contributed by atoms with Crippen molar-refractivity contribution in [2.45, 2.75) is 6.54 Å². The Kier molecular flexibility index (Phi) is 4.60. The van der Waals surface area contributed by atoms with Crippen LogP contribution in [0.25, 0.3) is 0 Å². The van der Waals surface area contributed by atoms with Crippen molar-refractivity contribution in [2.75, 3.05) is 5.32 Å². The highest BCUT2D eigenvalue weighted by Crippen LogP contribution is 2.21. The maximum Gasteiger partial charge on any atom is 0.259 e. The summed E-state index contributed by atoms with van der Waals surface area (Å²) in [5.74, 6) is -0.166. The van der Waals surface area contributed by atoms with Crippen LogP contribution in [0.3, 0.4) is 0 Å². The normalized spacial score (nSPS) is 10.5. The van der Waals surface area contributed by atoms with E-state index in [1.165, 1.54) is 6.07 Å². The number of aromatic nitrogens is 3. The molecule has 1 aromatic heterocycles. The van der Waals surface area contributed by atoms with Crippen LogP contribution in [-0.2, 0) is 6.54 Å². The molecule has 0 saturated heterocycles. The molecule has 0 saturated carbocycles. The van der Waals surface area contributed by atoms with Gasteiger partial charge in [0.1, 0.15) is 6.33 Å². The molecule has 2 aromatic carbocycles. The lowest BCUT2D eigenvalue weighted by Gasteiger charge is -2.04. The third kappa shape index (κ3) is 3.88. The van der Waals surface area contributed by atoms with Crippen LogP contribution in [0.2, 0.25) is 10.0 Å². The van der Waals surface area contributed by atoms with Gasteiger partial charge < -0.3 is 0 Å². The maximum absolute atomic E-state index is 12.2. The Morgan fingerprint density at radius 1 is 1.13 bits per heavy atom. The Morgan fingerprint density at radius 2 is 1.91 bits per heavy atom. The molecule has 3 rings (SSSR count). The topological polar surface area (TPSA) is 59.8 Å². The van der Waals surface area contributed by atoms with Crippen LogP contribution in [0.1, 0.15) is 15.9 Å². The number of carbonyl (C=O) groups is 1. The van der Waals surface area contributed by atoms with E-state index in [0.29, 0.717) is 17.1 Å². The zero-order valence-electron chi connectivity index (χ0n) is 11.9. The highest BCUT2D eigenvalue weighted by Gasteiger charge is 2.13. The molecule has 5 nitrogen and oxygen atoms in total. The van der Waals surface area contributed by atoms with Gasteiger partial charge in [0.2, 0.25) is 5.95 Å². The second kappa shape index (κ2) is 6.81. The summed E-state index contributed by atoms with van der Waals surface area (Å²) in [6.07, 6.45) is 1.56. The Bertz CT molecular complexity index is 833. The molecular weight excluding hydrogens is 335 g/mol. The summed E-state index contributed by atoms with van der Waals surface area (Å²) in [4.78, 5) is 16.3. The van der Waals surface area contributed by atoms with Crippen molar-refractivity contribution in [1.82, 2.24) is 14.8 Å². The predicted molar refractivity (Wildman–Crippen MR) is 90.0 cm³/mol. The third-order valence-corrected chi connectivity index (χ3v) is 3.67. The third-order valence-electron chi connectivity index (χ3n) is 3.12. The van der Waals surface area contributed by atoms with Crippen LogP contribution >= 0.6 is 23.2 Å². The summed E-state index contributed by atoms with van der Waals surface area (Å²) in [6.45, 7) is 0.575. The van der Waals surface area contributed by atoms with E-state index in [1.54, 1.807) is 23.1 Å². The van der Waals surface area contributed by atoms with E-state index in [1.807, 2.05) is 30.3 Å². The van der Waals surface area contributed by atoms with Gasteiger partial charge in [-0.2, -0.15) is 0 Å². The number of hydrogen-bond acceptors (Lipinski definition) is 3. The molecule has 1 N–H and O–H groups in total. The average Bonchev–Trinajstić information content (AvgIpc) is 2.95. The molecule has 1 amide bonds. The van der Waals surface area contributed by atoms with Crippen molar-refractivity contribution in [3.63, 3.8) is 0 Å². The number of benzene rings is 2. The first kappa shape index (κ1) is 15.5. The smallest absolute Gasteiger partial charge is 0.259 e. The number of nitrogens with one attached hydrogen (secondary N) is 1. The second-order valence-electron chi connectivity index (χ2n) is 4.83. The molecule has 0 aliphatic carbocycles. The fraction of sp³-hybridized carbons (Fsp3) is 0.0625. The van der Waals surface area contributed by atoms with E-state index in [9.17, 15) is 4.79 Å². The fourth-order valence-corrected chi connectivity index (χ4v) is 2.54. The molecule has 0 atom stereocenters. The molecule has 0 spiro atoms. The monoisotopic (exact) mass is 346 g/mol. The number of carbonyl (C=O) groups excluding carboxylic acids is 1. The molecule has 0 unspecified atom stereocenters. The van der Waals surface area contributed by atoms with E-state index in [2.05, 4.69) is 15.4 Å². The fourth-order valence-electron chi connectivity index (χ4n) is 2.04. The number of nitrogens with zero attached hydrogens (tertiary/aromatic N) is 3. The van der Waals surface area contributed by atoms with Gasteiger partial charge in [0.15, 0.2) is 0 Å². The summed E-state index contributed by atoms with van der Waals surface area (Å²) in [6, 6.07) is 14.5. The first-order valence-corrected chi connectivity index (χ1v) is 7.57.